The van der Waals surface area contributed by atoms with Gasteiger partial charge in [-0.15, -0.1) is 0 Å². The molecule has 0 heterocycles. The lowest BCUT2D eigenvalue weighted by Gasteiger charge is -1.96. The van der Waals surface area contributed by atoms with Crippen LogP contribution in [0.15, 0.2) is 18.2 Å². The van der Waals surface area contributed by atoms with Crippen molar-refractivity contribution in [3.8, 4) is 11.8 Å². The number of nitrogens with one attached hydrogen (secondary N) is 1. The second kappa shape index (κ2) is 5.63. The fourth-order valence-corrected chi connectivity index (χ4v) is 1.11. The molecule has 0 saturated carbocycles. The van der Waals surface area contributed by atoms with Gasteiger partial charge in [-0.05, 0) is 19.2 Å². The lowest BCUT2D eigenvalue weighted by Crippen LogP contribution is -2.04. The summed E-state index contributed by atoms with van der Waals surface area (Å²) in [6, 6.07) is 4.20. The molecule has 0 unspecified atom stereocenters. The molecule has 5 heteroatoms. The van der Waals surface area contributed by atoms with Gasteiger partial charge in [0.2, 0.25) is 0 Å². The van der Waals surface area contributed by atoms with Gasteiger partial charge in [-0.2, -0.15) is 0 Å². The first kappa shape index (κ1) is 11.9. The molecule has 0 aliphatic rings. The summed E-state index contributed by atoms with van der Waals surface area (Å²) < 4.78 is 0. The monoisotopic (exact) mass is 218 g/mol. The maximum Gasteiger partial charge on any atom is 0.285 e. The summed E-state index contributed by atoms with van der Waals surface area (Å²) in [5.74, 6) is 5.41. The molecule has 0 atom stereocenters. The molecule has 0 saturated heterocycles. The molecule has 0 bridgehead atoms. The fourth-order valence-electron chi connectivity index (χ4n) is 1.11. The van der Waals surface area contributed by atoms with Crippen molar-refractivity contribution < 1.29 is 9.72 Å². The maximum absolute atomic E-state index is 10.7. The summed E-state index contributed by atoms with van der Waals surface area (Å²) in [5, 5.41) is 13.5. The van der Waals surface area contributed by atoms with Crippen LogP contribution in [0.3, 0.4) is 0 Å². The quantitative estimate of drug-likeness (QED) is 0.355. The smallest absolute Gasteiger partial charge is 0.285 e. The van der Waals surface area contributed by atoms with E-state index in [1.165, 1.54) is 18.2 Å². The third-order valence-corrected chi connectivity index (χ3v) is 1.84. The van der Waals surface area contributed by atoms with Crippen molar-refractivity contribution in [3.05, 3.63) is 39.4 Å². The van der Waals surface area contributed by atoms with E-state index in [1.54, 1.807) is 7.05 Å². The molecule has 82 valence electrons. The van der Waals surface area contributed by atoms with Crippen LogP contribution >= 0.6 is 0 Å². The Labute approximate surface area is 92.6 Å². The molecule has 0 radical (unpaired) electrons. The summed E-state index contributed by atoms with van der Waals surface area (Å²) in [5.41, 5.74) is 0.435. The van der Waals surface area contributed by atoms with Crippen molar-refractivity contribution in [3.63, 3.8) is 0 Å². The number of rotatable bonds is 3. The molecule has 0 spiro atoms. The second-order valence-electron chi connectivity index (χ2n) is 2.98. The molecule has 0 fully saturated rings. The minimum Gasteiger partial charge on any atom is -0.309 e. The molecule has 0 amide bonds. The van der Waals surface area contributed by atoms with E-state index in [-0.39, 0.29) is 11.3 Å². The predicted molar refractivity (Wildman–Crippen MR) is 59.3 cm³/mol. The van der Waals surface area contributed by atoms with E-state index in [0.717, 1.165) is 0 Å². The summed E-state index contributed by atoms with van der Waals surface area (Å²) in [6.07, 6.45) is 0.567. The lowest BCUT2D eigenvalue weighted by molar-refractivity contribution is -0.385. The van der Waals surface area contributed by atoms with Crippen molar-refractivity contribution in [1.82, 2.24) is 5.32 Å². The zero-order valence-corrected chi connectivity index (χ0v) is 8.69. The van der Waals surface area contributed by atoms with Crippen molar-refractivity contribution >= 4 is 12.0 Å². The predicted octanol–water partition coefficient (Wildman–Crippen LogP) is 0.978. The molecule has 0 aliphatic carbocycles. The average molecular weight is 218 g/mol. The Morgan fingerprint density at radius 1 is 1.56 bits per heavy atom. The van der Waals surface area contributed by atoms with E-state index in [1.807, 2.05) is 0 Å². The van der Waals surface area contributed by atoms with E-state index in [9.17, 15) is 14.9 Å². The van der Waals surface area contributed by atoms with Crippen LogP contribution in [0, 0.1) is 22.0 Å². The number of hydrogen-bond donors (Lipinski definition) is 1. The molecule has 5 nitrogen and oxygen atoms in total. The highest BCUT2D eigenvalue weighted by Crippen LogP contribution is 2.18. The Morgan fingerprint density at radius 2 is 2.31 bits per heavy atom. The highest BCUT2D eigenvalue weighted by atomic mass is 16.6. The molecule has 16 heavy (non-hydrogen) atoms. The Bertz CT molecular complexity index is 472. The van der Waals surface area contributed by atoms with Crippen LogP contribution in [-0.4, -0.2) is 24.8 Å². The zero-order chi connectivity index (χ0) is 12.0. The number of aldehydes is 1. The number of nitro benzene ring substituents is 1. The van der Waals surface area contributed by atoms with Crippen LogP contribution in [0.25, 0.3) is 0 Å². The fraction of sp³-hybridized carbons (Fsp3) is 0.182. The van der Waals surface area contributed by atoms with Crippen molar-refractivity contribution in [1.29, 1.82) is 0 Å². The minimum atomic E-state index is -0.545. The molecule has 0 aliphatic heterocycles. The van der Waals surface area contributed by atoms with Crippen molar-refractivity contribution in [2.24, 2.45) is 0 Å². The minimum absolute atomic E-state index is 0.145. The number of carbonyl (C=O) groups excluding carboxylic acids is 1. The van der Waals surface area contributed by atoms with Crippen LogP contribution < -0.4 is 5.32 Å². The largest absolute Gasteiger partial charge is 0.309 e. The van der Waals surface area contributed by atoms with Gasteiger partial charge in [0.1, 0.15) is 11.8 Å². The first-order chi connectivity index (χ1) is 7.69. The summed E-state index contributed by atoms with van der Waals surface area (Å²) in [7, 11) is 1.73. The van der Waals surface area contributed by atoms with Crippen LogP contribution in [-0.2, 0) is 0 Å². The molecule has 1 rings (SSSR count). The number of nitrogens with zero attached hydrogens (tertiary/aromatic N) is 1. The first-order valence-electron chi connectivity index (χ1n) is 4.56. The standard InChI is InChI=1S/C11H10N2O3/c1-12-6-2-3-10-5-4-9(8-14)7-11(10)13(15)16/h4-5,7-8,12H,6H2,1H3. The van der Waals surface area contributed by atoms with E-state index < -0.39 is 4.92 Å². The van der Waals surface area contributed by atoms with Gasteiger partial charge in [0, 0.05) is 11.6 Å². The highest BCUT2D eigenvalue weighted by molar-refractivity contribution is 5.77. The van der Waals surface area contributed by atoms with E-state index in [2.05, 4.69) is 17.2 Å². The lowest BCUT2D eigenvalue weighted by atomic mass is 10.1. The molecule has 1 aromatic carbocycles. The van der Waals surface area contributed by atoms with Gasteiger partial charge in [0.15, 0.2) is 0 Å². The van der Waals surface area contributed by atoms with Crippen molar-refractivity contribution in [2.75, 3.05) is 13.6 Å². The molecule has 1 aromatic rings. The van der Waals surface area contributed by atoms with Crippen LogP contribution in [0.5, 0.6) is 0 Å². The van der Waals surface area contributed by atoms with E-state index in [4.69, 9.17) is 0 Å². The van der Waals surface area contributed by atoms with Crippen LogP contribution in [0.1, 0.15) is 15.9 Å². The van der Waals surface area contributed by atoms with E-state index >= 15 is 0 Å². The van der Waals surface area contributed by atoms with Gasteiger partial charge in [0.25, 0.3) is 5.69 Å². The third kappa shape index (κ3) is 2.90. The maximum atomic E-state index is 10.7. The van der Waals surface area contributed by atoms with Crippen LogP contribution in [0.2, 0.25) is 0 Å². The molecular formula is C11H10N2O3. The SMILES string of the molecule is CNCC#Cc1ccc(C=O)cc1[N+](=O)[O-]. The normalized spacial score (nSPS) is 9.06. The number of benzene rings is 1. The number of hydrogen-bond acceptors (Lipinski definition) is 4. The van der Waals surface area contributed by atoms with Gasteiger partial charge in [-0.3, -0.25) is 14.9 Å². The average Bonchev–Trinajstić information content (AvgIpc) is 2.29. The van der Waals surface area contributed by atoms with Gasteiger partial charge in [-0.1, -0.05) is 11.8 Å². The summed E-state index contributed by atoms with van der Waals surface area (Å²) >= 11 is 0. The second-order valence-corrected chi connectivity index (χ2v) is 2.98. The van der Waals surface area contributed by atoms with Gasteiger partial charge >= 0.3 is 0 Å². The van der Waals surface area contributed by atoms with Gasteiger partial charge in [0.05, 0.1) is 11.5 Å². The molecule has 1 N–H and O–H groups in total. The van der Waals surface area contributed by atoms with E-state index in [0.29, 0.717) is 18.4 Å². The number of carbonyl (C=O) groups is 1. The summed E-state index contributed by atoms with van der Waals surface area (Å²) in [6.45, 7) is 0.451. The topological polar surface area (TPSA) is 72.2 Å². The van der Waals surface area contributed by atoms with Crippen LogP contribution in [0.4, 0.5) is 5.69 Å². The Hall–Kier alpha value is -2.19. The Morgan fingerprint density at radius 3 is 2.88 bits per heavy atom. The highest BCUT2D eigenvalue weighted by Gasteiger charge is 2.12. The Kier molecular flexibility index (Phi) is 4.18. The zero-order valence-electron chi connectivity index (χ0n) is 8.69. The number of nitro groups is 1. The van der Waals surface area contributed by atoms with Gasteiger partial charge < -0.3 is 5.32 Å². The summed E-state index contributed by atoms with van der Waals surface area (Å²) in [4.78, 5) is 20.7. The first-order valence-corrected chi connectivity index (χ1v) is 4.56. The molecule has 0 aromatic heterocycles. The molecular weight excluding hydrogens is 208 g/mol. The van der Waals surface area contributed by atoms with Crippen molar-refractivity contribution in [2.45, 2.75) is 0 Å². The third-order valence-electron chi connectivity index (χ3n) is 1.84. The van der Waals surface area contributed by atoms with Gasteiger partial charge in [-0.25, -0.2) is 0 Å². The Balaban J connectivity index is 3.14.